The van der Waals surface area contributed by atoms with Crippen LogP contribution in [-0.4, -0.2) is 11.5 Å². The fourth-order valence-corrected chi connectivity index (χ4v) is 1.03. The van der Waals surface area contributed by atoms with Crippen LogP contribution >= 0.6 is 0 Å². The number of nitrogens with two attached hydrogens (primary N) is 1. The minimum absolute atomic E-state index is 0.0540. The summed E-state index contributed by atoms with van der Waals surface area (Å²) >= 11 is 0. The number of nitrogen functional groups attached to an aromatic ring is 1. The van der Waals surface area contributed by atoms with Crippen molar-refractivity contribution in [3.8, 4) is 0 Å². The van der Waals surface area contributed by atoms with Gasteiger partial charge in [-0.1, -0.05) is 0 Å². The third kappa shape index (κ3) is 2.08. The van der Waals surface area contributed by atoms with Gasteiger partial charge in [-0.15, -0.1) is 0 Å². The lowest BCUT2D eigenvalue weighted by molar-refractivity contribution is -0.383. The predicted molar refractivity (Wildman–Crippen MR) is 51.7 cm³/mol. The summed E-state index contributed by atoms with van der Waals surface area (Å²) in [5.41, 5.74) is 6.40. The lowest BCUT2D eigenvalue weighted by Crippen LogP contribution is -2.00. The Morgan fingerprint density at radius 2 is 2.31 bits per heavy atom. The summed E-state index contributed by atoms with van der Waals surface area (Å²) in [6.45, 7) is 2.70. The Morgan fingerprint density at radius 1 is 1.62 bits per heavy atom. The first kappa shape index (κ1) is 9.31. The fourth-order valence-electron chi connectivity index (χ4n) is 1.03. The maximum Gasteiger partial charge on any atom is 0.292 e. The fraction of sp³-hybridized carbons (Fsp3) is 0.250. The van der Waals surface area contributed by atoms with Crippen LogP contribution < -0.4 is 11.1 Å². The van der Waals surface area contributed by atoms with Crippen molar-refractivity contribution in [3.63, 3.8) is 0 Å². The van der Waals surface area contributed by atoms with E-state index in [1.807, 2.05) is 6.92 Å². The number of nitro benzene ring substituents is 1. The highest BCUT2D eigenvalue weighted by atomic mass is 16.6. The zero-order valence-electron chi connectivity index (χ0n) is 7.28. The number of anilines is 2. The Balaban J connectivity index is 2.98. The molecular weight excluding hydrogens is 170 g/mol. The van der Waals surface area contributed by atoms with Gasteiger partial charge in [0.1, 0.15) is 5.69 Å². The second kappa shape index (κ2) is 3.75. The van der Waals surface area contributed by atoms with Gasteiger partial charge >= 0.3 is 0 Å². The number of nitro groups is 1. The predicted octanol–water partition coefficient (Wildman–Crippen LogP) is 1.61. The van der Waals surface area contributed by atoms with Crippen LogP contribution in [0.15, 0.2) is 18.2 Å². The van der Waals surface area contributed by atoms with Crippen molar-refractivity contribution in [2.75, 3.05) is 17.6 Å². The van der Waals surface area contributed by atoms with Crippen LogP contribution in [-0.2, 0) is 0 Å². The van der Waals surface area contributed by atoms with E-state index in [2.05, 4.69) is 5.32 Å². The molecule has 0 saturated carbocycles. The van der Waals surface area contributed by atoms with Crippen molar-refractivity contribution in [2.45, 2.75) is 6.92 Å². The van der Waals surface area contributed by atoms with Gasteiger partial charge in [-0.25, -0.2) is 0 Å². The van der Waals surface area contributed by atoms with E-state index in [1.54, 1.807) is 12.1 Å². The van der Waals surface area contributed by atoms with E-state index in [4.69, 9.17) is 5.73 Å². The molecule has 0 amide bonds. The van der Waals surface area contributed by atoms with Crippen LogP contribution in [0.2, 0.25) is 0 Å². The largest absolute Gasteiger partial charge is 0.393 e. The lowest BCUT2D eigenvalue weighted by atomic mass is 10.2. The molecule has 3 N–H and O–H groups in total. The number of rotatable bonds is 3. The van der Waals surface area contributed by atoms with E-state index in [0.717, 1.165) is 12.2 Å². The monoisotopic (exact) mass is 181 g/mol. The van der Waals surface area contributed by atoms with Gasteiger partial charge in [0, 0.05) is 18.3 Å². The van der Waals surface area contributed by atoms with Crippen LogP contribution in [0.3, 0.4) is 0 Å². The van der Waals surface area contributed by atoms with Crippen molar-refractivity contribution < 1.29 is 4.92 Å². The average molecular weight is 181 g/mol. The van der Waals surface area contributed by atoms with Crippen LogP contribution in [0.5, 0.6) is 0 Å². The van der Waals surface area contributed by atoms with E-state index in [9.17, 15) is 10.1 Å². The van der Waals surface area contributed by atoms with Crippen molar-refractivity contribution in [2.24, 2.45) is 0 Å². The molecule has 0 radical (unpaired) electrons. The molecule has 5 nitrogen and oxygen atoms in total. The molecular formula is C8H11N3O2. The number of hydrogen-bond donors (Lipinski definition) is 2. The Hall–Kier alpha value is -1.78. The summed E-state index contributed by atoms with van der Waals surface area (Å²) in [5.74, 6) is 0. The summed E-state index contributed by atoms with van der Waals surface area (Å²) in [6.07, 6.45) is 0. The average Bonchev–Trinajstić information content (AvgIpc) is 2.04. The first-order valence-corrected chi connectivity index (χ1v) is 3.93. The minimum atomic E-state index is -0.495. The number of hydrogen-bond acceptors (Lipinski definition) is 4. The van der Waals surface area contributed by atoms with E-state index >= 15 is 0 Å². The molecule has 1 aromatic rings. The van der Waals surface area contributed by atoms with Gasteiger partial charge < -0.3 is 11.1 Å². The molecule has 1 aromatic carbocycles. The molecule has 0 aliphatic carbocycles. The molecule has 0 aliphatic heterocycles. The molecule has 0 aromatic heterocycles. The molecule has 0 unspecified atom stereocenters. The van der Waals surface area contributed by atoms with Gasteiger partial charge in [0.2, 0.25) is 0 Å². The molecule has 0 atom stereocenters. The van der Waals surface area contributed by atoms with E-state index in [-0.39, 0.29) is 11.4 Å². The zero-order valence-corrected chi connectivity index (χ0v) is 7.28. The second-order valence-corrected chi connectivity index (χ2v) is 2.56. The summed E-state index contributed by atoms with van der Waals surface area (Å²) in [4.78, 5) is 9.90. The maximum absolute atomic E-state index is 10.4. The Kier molecular flexibility index (Phi) is 2.69. The van der Waals surface area contributed by atoms with Crippen LogP contribution in [0, 0.1) is 10.1 Å². The molecule has 0 fully saturated rings. The Labute approximate surface area is 75.7 Å². The standard InChI is InChI=1S/C8H11N3O2/c1-2-10-6-3-4-8(11(12)13)7(9)5-6/h3-5,10H,2,9H2,1H3. The molecule has 0 bridgehead atoms. The van der Waals surface area contributed by atoms with E-state index in [1.165, 1.54) is 6.07 Å². The quantitative estimate of drug-likeness (QED) is 0.421. The Bertz CT molecular complexity index is 325. The number of benzene rings is 1. The summed E-state index contributed by atoms with van der Waals surface area (Å²) < 4.78 is 0. The van der Waals surface area contributed by atoms with Crippen LogP contribution in [0.25, 0.3) is 0 Å². The third-order valence-electron chi connectivity index (χ3n) is 1.61. The molecule has 1 rings (SSSR count). The highest BCUT2D eigenvalue weighted by Gasteiger charge is 2.10. The molecule has 70 valence electrons. The second-order valence-electron chi connectivity index (χ2n) is 2.56. The summed E-state index contributed by atoms with van der Waals surface area (Å²) in [7, 11) is 0. The highest BCUT2D eigenvalue weighted by Crippen LogP contribution is 2.24. The van der Waals surface area contributed by atoms with Crippen LogP contribution in [0.4, 0.5) is 17.1 Å². The van der Waals surface area contributed by atoms with Gasteiger partial charge in [0.05, 0.1) is 4.92 Å². The van der Waals surface area contributed by atoms with Gasteiger partial charge in [-0.3, -0.25) is 10.1 Å². The minimum Gasteiger partial charge on any atom is -0.393 e. The van der Waals surface area contributed by atoms with Gasteiger partial charge in [0.15, 0.2) is 0 Å². The highest BCUT2D eigenvalue weighted by molar-refractivity contribution is 5.65. The molecule has 0 heterocycles. The molecule has 13 heavy (non-hydrogen) atoms. The molecule has 0 aliphatic rings. The number of nitrogens with one attached hydrogen (secondary N) is 1. The van der Waals surface area contributed by atoms with Gasteiger partial charge in [0.25, 0.3) is 5.69 Å². The van der Waals surface area contributed by atoms with Crippen molar-refractivity contribution in [3.05, 3.63) is 28.3 Å². The Morgan fingerprint density at radius 3 is 2.77 bits per heavy atom. The van der Waals surface area contributed by atoms with Crippen molar-refractivity contribution >= 4 is 17.1 Å². The van der Waals surface area contributed by atoms with Gasteiger partial charge in [-0.05, 0) is 19.1 Å². The smallest absolute Gasteiger partial charge is 0.292 e. The third-order valence-corrected chi connectivity index (χ3v) is 1.61. The van der Waals surface area contributed by atoms with Crippen molar-refractivity contribution in [1.29, 1.82) is 0 Å². The normalized spacial score (nSPS) is 9.62. The van der Waals surface area contributed by atoms with Gasteiger partial charge in [-0.2, -0.15) is 0 Å². The molecule has 0 saturated heterocycles. The van der Waals surface area contributed by atoms with Crippen molar-refractivity contribution in [1.82, 2.24) is 0 Å². The van der Waals surface area contributed by atoms with Crippen LogP contribution in [0.1, 0.15) is 6.92 Å². The zero-order chi connectivity index (χ0) is 9.84. The molecule has 0 spiro atoms. The maximum atomic E-state index is 10.4. The lowest BCUT2D eigenvalue weighted by Gasteiger charge is -2.03. The first-order valence-electron chi connectivity index (χ1n) is 3.93. The topological polar surface area (TPSA) is 81.2 Å². The summed E-state index contributed by atoms with van der Waals surface area (Å²) in [5, 5.41) is 13.4. The first-order chi connectivity index (χ1) is 6.15. The van der Waals surface area contributed by atoms with E-state index < -0.39 is 4.92 Å². The summed E-state index contributed by atoms with van der Waals surface area (Å²) in [6, 6.07) is 4.59. The van der Waals surface area contributed by atoms with E-state index in [0.29, 0.717) is 0 Å². The molecule has 5 heteroatoms. The number of nitrogens with zero attached hydrogens (tertiary/aromatic N) is 1. The SMILES string of the molecule is CCNc1ccc([N+](=O)[O-])c(N)c1.